The summed E-state index contributed by atoms with van der Waals surface area (Å²) >= 11 is 0. The summed E-state index contributed by atoms with van der Waals surface area (Å²) < 4.78 is 5.17. The molecule has 3 aliphatic carbocycles. The van der Waals surface area contributed by atoms with Gasteiger partial charge in [0.05, 0.1) is 0 Å². The van der Waals surface area contributed by atoms with Gasteiger partial charge in [0, 0.05) is 49.1 Å². The predicted octanol–water partition coefficient (Wildman–Crippen LogP) is 4.98. The van der Waals surface area contributed by atoms with Crippen LogP contribution in [0.15, 0.2) is 0 Å². The van der Waals surface area contributed by atoms with Crippen molar-refractivity contribution in [3.63, 3.8) is 0 Å². The van der Waals surface area contributed by atoms with Crippen molar-refractivity contribution in [3.8, 4) is 0 Å². The van der Waals surface area contributed by atoms with Crippen LogP contribution in [-0.4, -0.2) is 49.1 Å². The van der Waals surface area contributed by atoms with Crippen LogP contribution in [0.1, 0.15) is 112 Å². The van der Waals surface area contributed by atoms with Gasteiger partial charge < -0.3 is 20.7 Å². The maximum absolute atomic E-state index is 11.7. The predicted molar refractivity (Wildman–Crippen MR) is 149 cm³/mol. The number of ether oxygens (including phenoxy) is 1. The lowest BCUT2D eigenvalue weighted by Gasteiger charge is -2.22. The largest absolute Gasteiger partial charge is 0.381 e. The van der Waals surface area contributed by atoms with Gasteiger partial charge in [-0.25, -0.2) is 0 Å². The van der Waals surface area contributed by atoms with E-state index in [2.05, 4.69) is 16.0 Å². The zero-order valence-electron chi connectivity index (χ0n) is 24.4. The number of carbonyl (C=O) groups is 3. The molecule has 3 amide bonds. The van der Waals surface area contributed by atoms with Crippen LogP contribution in [0, 0.1) is 29.6 Å². The maximum atomic E-state index is 11.7. The number of fused-ring (bicyclic) bond motifs is 2. The van der Waals surface area contributed by atoms with Gasteiger partial charge in [-0.2, -0.15) is 0 Å². The summed E-state index contributed by atoms with van der Waals surface area (Å²) in [6.45, 7) is 13.5. The molecule has 3 saturated carbocycles. The van der Waals surface area contributed by atoms with E-state index in [1.165, 1.54) is 38.5 Å². The van der Waals surface area contributed by atoms with Crippen LogP contribution >= 0.6 is 0 Å². The van der Waals surface area contributed by atoms with Crippen molar-refractivity contribution in [3.05, 3.63) is 0 Å². The molecule has 0 aromatic rings. The molecular formula is C30H55N3O4. The molecule has 1 saturated heterocycles. The SMILES string of the molecule is CC(C)NC(=O)C1CC2CCC1C2.CC(C)NC(=O)C1CCCCC1.CC(C)NC(=O)C1CCOCC1. The van der Waals surface area contributed by atoms with Gasteiger partial charge in [0.25, 0.3) is 0 Å². The molecule has 0 radical (unpaired) electrons. The van der Waals surface area contributed by atoms with Crippen LogP contribution in [0.3, 0.4) is 0 Å². The molecule has 7 heteroatoms. The first-order chi connectivity index (χ1) is 17.6. The van der Waals surface area contributed by atoms with Crippen LogP contribution in [-0.2, 0) is 19.1 Å². The lowest BCUT2D eigenvalue weighted by atomic mass is 9.88. The molecule has 0 spiro atoms. The van der Waals surface area contributed by atoms with Crippen LogP contribution in [0.5, 0.6) is 0 Å². The number of nitrogens with one attached hydrogen (secondary N) is 3. The number of rotatable bonds is 6. The fraction of sp³-hybridized carbons (Fsp3) is 0.900. The molecule has 3 atom stereocenters. The molecule has 4 rings (SSSR count). The van der Waals surface area contributed by atoms with E-state index in [0.29, 0.717) is 35.7 Å². The van der Waals surface area contributed by atoms with E-state index in [9.17, 15) is 14.4 Å². The Morgan fingerprint density at radius 1 is 0.595 bits per heavy atom. The standard InChI is InChI=1S/C11H19NO.C10H19NO.C9H17NO2/c1-7(2)12-11(13)10-6-8-3-4-9(10)5-8;1-8(2)11-10(12)9-6-4-3-5-7-9;1-7(2)10-9(11)8-3-5-12-6-4-8/h7-10H,3-6H2,1-2H3,(H,12,13);8-9H,3-7H2,1-2H3,(H,11,12);7-8H,3-6H2,1-2H3,(H,10,11). The zero-order valence-corrected chi connectivity index (χ0v) is 24.4. The fourth-order valence-electron chi connectivity index (χ4n) is 6.09. The molecule has 1 aliphatic heterocycles. The third-order valence-corrected chi connectivity index (χ3v) is 7.94. The highest BCUT2D eigenvalue weighted by Gasteiger charge is 2.43. The van der Waals surface area contributed by atoms with Gasteiger partial charge in [-0.1, -0.05) is 25.7 Å². The van der Waals surface area contributed by atoms with Gasteiger partial charge in [-0.05, 0) is 98.3 Å². The van der Waals surface area contributed by atoms with Crippen molar-refractivity contribution >= 4 is 17.7 Å². The van der Waals surface area contributed by atoms with Gasteiger partial charge >= 0.3 is 0 Å². The first kappa shape index (κ1) is 31.6. The van der Waals surface area contributed by atoms with Gasteiger partial charge in [0.2, 0.25) is 17.7 Å². The van der Waals surface area contributed by atoms with E-state index in [1.807, 2.05) is 41.5 Å². The van der Waals surface area contributed by atoms with E-state index in [4.69, 9.17) is 4.74 Å². The van der Waals surface area contributed by atoms with Crippen LogP contribution in [0.2, 0.25) is 0 Å². The summed E-state index contributed by atoms with van der Waals surface area (Å²) in [5.41, 5.74) is 0. The zero-order chi connectivity index (χ0) is 27.4. The van der Waals surface area contributed by atoms with Crippen molar-refractivity contribution in [1.29, 1.82) is 0 Å². The minimum atomic E-state index is 0.182. The maximum Gasteiger partial charge on any atom is 0.223 e. The van der Waals surface area contributed by atoms with Crippen LogP contribution < -0.4 is 16.0 Å². The third kappa shape index (κ3) is 11.7. The second-order valence-electron chi connectivity index (χ2n) is 12.5. The number of amides is 3. The monoisotopic (exact) mass is 521 g/mol. The van der Waals surface area contributed by atoms with Crippen LogP contribution in [0.25, 0.3) is 0 Å². The lowest BCUT2D eigenvalue weighted by Crippen LogP contribution is -2.37. The molecule has 0 aromatic carbocycles. The minimum Gasteiger partial charge on any atom is -0.381 e. The van der Waals surface area contributed by atoms with Gasteiger partial charge in [0.1, 0.15) is 0 Å². The van der Waals surface area contributed by atoms with Crippen molar-refractivity contribution < 1.29 is 19.1 Å². The molecule has 37 heavy (non-hydrogen) atoms. The topological polar surface area (TPSA) is 96.5 Å². The summed E-state index contributed by atoms with van der Waals surface area (Å²) in [4.78, 5) is 34.7. The average molecular weight is 522 g/mol. The Morgan fingerprint density at radius 3 is 1.51 bits per heavy atom. The van der Waals surface area contributed by atoms with Gasteiger partial charge in [-0.15, -0.1) is 0 Å². The summed E-state index contributed by atoms with van der Waals surface area (Å²) in [6.07, 6.45) is 12.8. The van der Waals surface area contributed by atoms with E-state index >= 15 is 0 Å². The molecular weight excluding hydrogens is 466 g/mol. The smallest absolute Gasteiger partial charge is 0.223 e. The van der Waals surface area contributed by atoms with E-state index in [1.54, 1.807) is 0 Å². The normalized spacial score (nSPS) is 25.7. The summed E-state index contributed by atoms with van der Waals surface area (Å²) in [7, 11) is 0. The van der Waals surface area contributed by atoms with Crippen molar-refractivity contribution in [2.45, 2.75) is 130 Å². The van der Waals surface area contributed by atoms with Crippen molar-refractivity contribution in [1.82, 2.24) is 16.0 Å². The van der Waals surface area contributed by atoms with Gasteiger partial charge in [-0.3, -0.25) is 14.4 Å². The minimum absolute atomic E-state index is 0.182. The first-order valence-electron chi connectivity index (χ1n) is 15.1. The Hall–Kier alpha value is -1.63. The molecule has 2 bridgehead atoms. The molecule has 0 aromatic heterocycles. The first-order valence-corrected chi connectivity index (χ1v) is 15.1. The second kappa shape index (κ2) is 16.4. The Labute approximate surface area is 226 Å². The Morgan fingerprint density at radius 2 is 1.08 bits per heavy atom. The molecule has 1 heterocycles. The quantitative estimate of drug-likeness (QED) is 0.459. The highest BCUT2D eigenvalue weighted by Crippen LogP contribution is 2.48. The molecule has 4 aliphatic rings. The Balaban J connectivity index is 0.000000195. The molecule has 7 nitrogen and oxygen atoms in total. The number of carbonyl (C=O) groups excluding carboxylic acids is 3. The summed E-state index contributed by atoms with van der Waals surface area (Å²) in [5, 5.41) is 8.92. The molecule has 3 N–H and O–H groups in total. The number of hydrogen-bond donors (Lipinski definition) is 3. The average Bonchev–Trinajstić information content (AvgIpc) is 3.49. The molecule has 214 valence electrons. The summed E-state index contributed by atoms with van der Waals surface area (Å²) in [5.74, 6) is 3.18. The van der Waals surface area contributed by atoms with Crippen molar-refractivity contribution in [2.75, 3.05) is 13.2 Å². The molecule has 4 fully saturated rings. The highest BCUT2D eigenvalue weighted by atomic mass is 16.5. The fourth-order valence-corrected chi connectivity index (χ4v) is 6.09. The van der Waals surface area contributed by atoms with Crippen molar-refractivity contribution in [2.24, 2.45) is 29.6 Å². The Bertz CT molecular complexity index is 661. The molecule has 3 unspecified atom stereocenters. The van der Waals surface area contributed by atoms with Gasteiger partial charge in [0.15, 0.2) is 0 Å². The van der Waals surface area contributed by atoms with E-state index < -0.39 is 0 Å². The Kier molecular flexibility index (Phi) is 14.0. The van der Waals surface area contributed by atoms with Crippen LogP contribution in [0.4, 0.5) is 0 Å². The number of hydrogen-bond acceptors (Lipinski definition) is 4. The summed E-state index contributed by atoms with van der Waals surface area (Å²) in [6, 6.07) is 0.839. The van der Waals surface area contributed by atoms with E-state index in [-0.39, 0.29) is 23.8 Å². The second-order valence-corrected chi connectivity index (χ2v) is 12.5. The highest BCUT2D eigenvalue weighted by molar-refractivity contribution is 5.80. The third-order valence-electron chi connectivity index (χ3n) is 7.94. The lowest BCUT2D eigenvalue weighted by molar-refractivity contribution is -0.128. The van der Waals surface area contributed by atoms with E-state index in [0.717, 1.165) is 51.2 Å².